The minimum atomic E-state index is -1.51. The molecule has 0 bridgehead atoms. The fourth-order valence-electron chi connectivity index (χ4n) is 2.37. The Hall–Kier alpha value is -3.52. The van der Waals surface area contributed by atoms with E-state index >= 15 is 0 Å². The molecule has 27 heavy (non-hydrogen) atoms. The first-order valence-corrected chi connectivity index (χ1v) is 8.09. The van der Waals surface area contributed by atoms with Crippen molar-refractivity contribution in [3.63, 3.8) is 0 Å². The summed E-state index contributed by atoms with van der Waals surface area (Å²) in [6.45, 7) is 0. The minimum absolute atomic E-state index is 0.203. The van der Waals surface area contributed by atoms with Crippen LogP contribution in [-0.2, 0) is 9.59 Å². The number of amides is 3. The standard InChI is InChI=1S/C19H20N4O4/c1-20-17(24)16(18(25)22-27)23(2)19(26)14-9-11-15(21-12-14)10-8-13-6-4-3-5-7-13/h3-12,16,27H,1-2H3,(H,20,24)(H,22,25)/b10-8+. The fourth-order valence-corrected chi connectivity index (χ4v) is 2.37. The Morgan fingerprint density at radius 3 is 2.33 bits per heavy atom. The largest absolute Gasteiger partial charge is 0.357 e. The number of rotatable bonds is 6. The van der Waals surface area contributed by atoms with Gasteiger partial charge in [-0.15, -0.1) is 0 Å². The number of nitrogens with zero attached hydrogens (tertiary/aromatic N) is 2. The highest BCUT2D eigenvalue weighted by atomic mass is 16.5. The summed E-state index contributed by atoms with van der Waals surface area (Å²) in [6, 6.07) is 11.4. The minimum Gasteiger partial charge on any atom is -0.357 e. The highest BCUT2D eigenvalue weighted by molar-refractivity contribution is 6.08. The molecule has 8 nitrogen and oxygen atoms in total. The van der Waals surface area contributed by atoms with Crippen molar-refractivity contribution in [3.8, 4) is 0 Å². The monoisotopic (exact) mass is 368 g/mol. The number of benzene rings is 1. The molecular formula is C19H20N4O4. The highest BCUT2D eigenvalue weighted by Gasteiger charge is 2.33. The topological polar surface area (TPSA) is 112 Å². The van der Waals surface area contributed by atoms with Crippen molar-refractivity contribution in [1.29, 1.82) is 0 Å². The molecule has 3 N–H and O–H groups in total. The zero-order valence-corrected chi connectivity index (χ0v) is 14.9. The molecule has 1 heterocycles. The van der Waals surface area contributed by atoms with Crippen LogP contribution in [0, 0.1) is 0 Å². The lowest BCUT2D eigenvalue weighted by Crippen LogP contribution is -2.54. The third kappa shape index (κ3) is 4.99. The van der Waals surface area contributed by atoms with Crippen molar-refractivity contribution in [2.45, 2.75) is 6.04 Å². The van der Waals surface area contributed by atoms with Crippen molar-refractivity contribution < 1.29 is 19.6 Å². The molecule has 1 unspecified atom stereocenters. The van der Waals surface area contributed by atoms with Crippen molar-refractivity contribution >= 4 is 29.9 Å². The highest BCUT2D eigenvalue weighted by Crippen LogP contribution is 2.10. The van der Waals surface area contributed by atoms with Gasteiger partial charge in [0.05, 0.1) is 11.3 Å². The third-order valence-electron chi connectivity index (χ3n) is 3.84. The lowest BCUT2D eigenvalue weighted by Gasteiger charge is -2.24. The van der Waals surface area contributed by atoms with E-state index in [1.807, 2.05) is 36.4 Å². The first kappa shape index (κ1) is 19.8. The second-order valence-electron chi connectivity index (χ2n) is 5.62. The molecule has 1 aromatic heterocycles. The normalized spacial score (nSPS) is 11.7. The Kier molecular flexibility index (Phi) is 6.79. The molecule has 0 aliphatic rings. The maximum absolute atomic E-state index is 12.5. The Bertz CT molecular complexity index is 819. The van der Waals surface area contributed by atoms with Crippen LogP contribution < -0.4 is 10.8 Å². The summed E-state index contributed by atoms with van der Waals surface area (Å²) in [5.41, 5.74) is 3.26. The molecule has 2 aromatic rings. The molecule has 140 valence electrons. The quantitative estimate of drug-likeness (QED) is 0.399. The van der Waals surface area contributed by atoms with Gasteiger partial charge in [-0.3, -0.25) is 24.6 Å². The number of hydrogen-bond donors (Lipinski definition) is 3. The molecule has 1 aromatic carbocycles. The van der Waals surface area contributed by atoms with Gasteiger partial charge in [-0.25, -0.2) is 5.48 Å². The van der Waals surface area contributed by atoms with Crippen LogP contribution in [0.4, 0.5) is 0 Å². The van der Waals surface area contributed by atoms with Gasteiger partial charge in [0.15, 0.2) is 6.04 Å². The molecule has 1 atom stereocenters. The summed E-state index contributed by atoms with van der Waals surface area (Å²) in [6.07, 6.45) is 5.06. The first-order chi connectivity index (χ1) is 13.0. The van der Waals surface area contributed by atoms with Crippen LogP contribution in [0.5, 0.6) is 0 Å². The second kappa shape index (κ2) is 9.25. The number of hydroxylamine groups is 1. The van der Waals surface area contributed by atoms with Gasteiger partial charge in [0.2, 0.25) is 0 Å². The van der Waals surface area contributed by atoms with Crippen LogP contribution in [0.15, 0.2) is 48.7 Å². The zero-order valence-electron chi connectivity index (χ0n) is 14.9. The predicted molar refractivity (Wildman–Crippen MR) is 99.5 cm³/mol. The number of carbonyl (C=O) groups excluding carboxylic acids is 3. The summed E-state index contributed by atoms with van der Waals surface area (Å²) < 4.78 is 0. The molecule has 0 aliphatic heterocycles. The molecule has 8 heteroatoms. The lowest BCUT2D eigenvalue weighted by atomic mass is 10.1. The average molecular weight is 368 g/mol. The molecule has 0 saturated carbocycles. The number of carbonyl (C=O) groups is 3. The van der Waals surface area contributed by atoms with Gasteiger partial charge in [-0.05, 0) is 23.8 Å². The maximum Gasteiger partial charge on any atom is 0.275 e. The van der Waals surface area contributed by atoms with E-state index in [4.69, 9.17) is 5.21 Å². The summed E-state index contributed by atoms with van der Waals surface area (Å²) >= 11 is 0. The van der Waals surface area contributed by atoms with Crippen LogP contribution >= 0.6 is 0 Å². The summed E-state index contributed by atoms with van der Waals surface area (Å²) in [5, 5.41) is 11.1. The van der Waals surface area contributed by atoms with E-state index in [1.54, 1.807) is 18.2 Å². The Balaban J connectivity index is 2.15. The molecular weight excluding hydrogens is 348 g/mol. The SMILES string of the molecule is CNC(=O)C(C(=O)NO)N(C)C(=O)c1ccc(/C=C/c2ccccc2)nc1. The van der Waals surface area contributed by atoms with Crippen LogP contribution in [-0.4, -0.2) is 52.9 Å². The predicted octanol–water partition coefficient (Wildman–Crippen LogP) is 0.944. The molecule has 0 radical (unpaired) electrons. The summed E-state index contributed by atoms with van der Waals surface area (Å²) in [5.74, 6) is -2.33. The van der Waals surface area contributed by atoms with Gasteiger partial charge in [-0.1, -0.05) is 36.4 Å². The number of hydrogen-bond acceptors (Lipinski definition) is 5. The van der Waals surface area contributed by atoms with Gasteiger partial charge >= 0.3 is 0 Å². The fraction of sp³-hybridized carbons (Fsp3) is 0.158. The van der Waals surface area contributed by atoms with Gasteiger partial charge in [0, 0.05) is 20.3 Å². The maximum atomic E-state index is 12.5. The van der Waals surface area contributed by atoms with E-state index in [2.05, 4.69) is 10.3 Å². The van der Waals surface area contributed by atoms with E-state index in [0.29, 0.717) is 5.69 Å². The van der Waals surface area contributed by atoms with Crippen molar-refractivity contribution in [1.82, 2.24) is 20.7 Å². The van der Waals surface area contributed by atoms with Gasteiger partial charge in [0.1, 0.15) is 0 Å². The smallest absolute Gasteiger partial charge is 0.275 e. The van der Waals surface area contributed by atoms with E-state index in [1.165, 1.54) is 25.8 Å². The molecule has 2 rings (SSSR count). The van der Waals surface area contributed by atoms with Gasteiger partial charge in [0.25, 0.3) is 17.7 Å². The Labute approximate surface area is 156 Å². The summed E-state index contributed by atoms with van der Waals surface area (Å²) in [7, 11) is 2.62. The van der Waals surface area contributed by atoms with E-state index in [0.717, 1.165) is 10.5 Å². The van der Waals surface area contributed by atoms with Crippen molar-refractivity contribution in [2.75, 3.05) is 14.1 Å². The second-order valence-corrected chi connectivity index (χ2v) is 5.62. The Morgan fingerprint density at radius 1 is 1.07 bits per heavy atom. The van der Waals surface area contributed by atoms with Gasteiger partial charge < -0.3 is 10.2 Å². The lowest BCUT2D eigenvalue weighted by molar-refractivity contribution is -0.140. The summed E-state index contributed by atoms with van der Waals surface area (Å²) in [4.78, 5) is 41.3. The van der Waals surface area contributed by atoms with Crippen LogP contribution in [0.25, 0.3) is 12.2 Å². The van der Waals surface area contributed by atoms with Crippen molar-refractivity contribution in [3.05, 3.63) is 65.5 Å². The van der Waals surface area contributed by atoms with Crippen molar-refractivity contribution in [2.24, 2.45) is 0 Å². The number of aromatic nitrogens is 1. The first-order valence-electron chi connectivity index (χ1n) is 8.09. The number of pyridine rings is 1. The molecule has 3 amide bonds. The van der Waals surface area contributed by atoms with Crippen LogP contribution in [0.1, 0.15) is 21.6 Å². The van der Waals surface area contributed by atoms with Gasteiger partial charge in [-0.2, -0.15) is 0 Å². The Morgan fingerprint density at radius 2 is 1.78 bits per heavy atom. The van der Waals surface area contributed by atoms with E-state index in [-0.39, 0.29) is 5.56 Å². The zero-order chi connectivity index (χ0) is 19.8. The number of likely N-dealkylation sites (N-methyl/N-ethyl adjacent to an activating group) is 2. The molecule has 0 saturated heterocycles. The number of nitrogens with one attached hydrogen (secondary N) is 2. The van der Waals surface area contributed by atoms with E-state index < -0.39 is 23.8 Å². The van der Waals surface area contributed by atoms with Crippen LogP contribution in [0.2, 0.25) is 0 Å². The average Bonchev–Trinajstić information content (AvgIpc) is 2.72. The molecule has 0 spiro atoms. The molecule has 0 aliphatic carbocycles. The van der Waals surface area contributed by atoms with Crippen LogP contribution in [0.3, 0.4) is 0 Å². The molecule has 0 fully saturated rings. The van der Waals surface area contributed by atoms with E-state index in [9.17, 15) is 14.4 Å². The third-order valence-corrected chi connectivity index (χ3v) is 3.84.